The molecule has 4 heteroatoms. The zero-order valence-corrected chi connectivity index (χ0v) is 11.4. The molecule has 2 aromatic rings. The van der Waals surface area contributed by atoms with Gasteiger partial charge in [0, 0.05) is 0 Å². The first kappa shape index (κ1) is 12.6. The van der Waals surface area contributed by atoms with Gasteiger partial charge in [0.25, 0.3) is 0 Å². The molecule has 0 spiro atoms. The van der Waals surface area contributed by atoms with E-state index in [9.17, 15) is 0 Å². The van der Waals surface area contributed by atoms with Gasteiger partial charge in [0.2, 0.25) is 5.89 Å². The highest BCUT2D eigenvalue weighted by Gasteiger charge is 2.20. The smallest absolute Gasteiger partial charge is 0.209 e. The molecule has 0 amide bonds. The van der Waals surface area contributed by atoms with Crippen molar-refractivity contribution in [2.45, 2.75) is 19.4 Å². The minimum absolute atomic E-state index is 0.824. The van der Waals surface area contributed by atoms with Crippen molar-refractivity contribution in [1.29, 1.82) is 0 Å². The summed E-state index contributed by atoms with van der Waals surface area (Å²) in [5.41, 5.74) is 1.85. The minimum Gasteiger partial charge on any atom is -0.439 e. The second-order valence-electron chi connectivity index (χ2n) is 5.35. The fourth-order valence-corrected chi connectivity index (χ4v) is 2.82. The molecule has 1 aromatic carbocycles. The molecule has 0 aliphatic carbocycles. The van der Waals surface area contributed by atoms with Crippen LogP contribution >= 0.6 is 0 Å². The number of nitrogens with zero attached hydrogens (tertiary/aromatic N) is 2. The van der Waals surface area contributed by atoms with Crippen LogP contribution in [0.15, 0.2) is 28.7 Å². The third-order valence-electron chi connectivity index (χ3n) is 3.90. The molecule has 19 heavy (non-hydrogen) atoms. The van der Waals surface area contributed by atoms with Crippen LogP contribution in [0.4, 0.5) is 0 Å². The molecule has 1 aliphatic rings. The summed E-state index contributed by atoms with van der Waals surface area (Å²) < 4.78 is 5.78. The van der Waals surface area contributed by atoms with Crippen molar-refractivity contribution in [1.82, 2.24) is 15.2 Å². The van der Waals surface area contributed by atoms with Crippen molar-refractivity contribution >= 4 is 11.1 Å². The third kappa shape index (κ3) is 2.96. The topological polar surface area (TPSA) is 41.3 Å². The van der Waals surface area contributed by atoms with Gasteiger partial charge in [-0.1, -0.05) is 12.1 Å². The predicted molar refractivity (Wildman–Crippen MR) is 75.9 cm³/mol. The molecule has 1 aliphatic heterocycles. The van der Waals surface area contributed by atoms with E-state index in [1.165, 1.54) is 12.8 Å². The molecule has 3 rings (SSSR count). The van der Waals surface area contributed by atoms with Gasteiger partial charge in [-0.05, 0) is 57.6 Å². The van der Waals surface area contributed by atoms with Crippen molar-refractivity contribution in [2.75, 3.05) is 26.7 Å². The van der Waals surface area contributed by atoms with E-state index < -0.39 is 0 Å². The van der Waals surface area contributed by atoms with Crippen LogP contribution < -0.4 is 5.32 Å². The first-order chi connectivity index (χ1) is 9.35. The molecule has 1 N–H and O–H groups in total. The number of rotatable bonds is 4. The van der Waals surface area contributed by atoms with Gasteiger partial charge in [0.1, 0.15) is 5.52 Å². The van der Waals surface area contributed by atoms with Crippen LogP contribution in [0.1, 0.15) is 18.7 Å². The number of likely N-dealkylation sites (tertiary alicyclic amines) is 1. The van der Waals surface area contributed by atoms with Crippen molar-refractivity contribution in [3.63, 3.8) is 0 Å². The van der Waals surface area contributed by atoms with Crippen molar-refractivity contribution in [3.8, 4) is 0 Å². The molecular formula is C15H21N3O. The zero-order chi connectivity index (χ0) is 13.1. The van der Waals surface area contributed by atoms with E-state index in [1.54, 1.807) is 0 Å². The lowest BCUT2D eigenvalue weighted by atomic mass is 9.97. The highest BCUT2D eigenvalue weighted by molar-refractivity contribution is 5.72. The number of nitrogens with one attached hydrogen (secondary N) is 1. The Bertz CT molecular complexity index is 496. The summed E-state index contributed by atoms with van der Waals surface area (Å²) in [7, 11) is 2.03. The first-order valence-corrected chi connectivity index (χ1v) is 7.06. The average molecular weight is 259 g/mol. The van der Waals surface area contributed by atoms with Crippen LogP contribution in [-0.2, 0) is 6.54 Å². The van der Waals surface area contributed by atoms with E-state index >= 15 is 0 Å². The van der Waals surface area contributed by atoms with Gasteiger partial charge in [-0.25, -0.2) is 4.98 Å². The number of oxazole rings is 1. The summed E-state index contributed by atoms with van der Waals surface area (Å²) in [5.74, 6) is 1.66. The molecule has 102 valence electrons. The highest BCUT2D eigenvalue weighted by Crippen LogP contribution is 2.20. The Morgan fingerprint density at radius 1 is 1.32 bits per heavy atom. The molecule has 0 saturated carbocycles. The molecule has 0 bridgehead atoms. The summed E-state index contributed by atoms with van der Waals surface area (Å²) in [6, 6.07) is 7.96. The van der Waals surface area contributed by atoms with Gasteiger partial charge in [-0.15, -0.1) is 0 Å². The number of aromatic nitrogens is 1. The van der Waals surface area contributed by atoms with E-state index in [1.807, 2.05) is 31.3 Å². The zero-order valence-electron chi connectivity index (χ0n) is 11.4. The van der Waals surface area contributed by atoms with Crippen LogP contribution in [0.5, 0.6) is 0 Å². The van der Waals surface area contributed by atoms with E-state index in [0.29, 0.717) is 0 Å². The van der Waals surface area contributed by atoms with E-state index in [0.717, 1.165) is 49.1 Å². The summed E-state index contributed by atoms with van der Waals surface area (Å²) in [6.07, 6.45) is 2.53. The maximum Gasteiger partial charge on any atom is 0.209 e. The Balaban J connectivity index is 1.60. The molecule has 4 nitrogen and oxygen atoms in total. The number of para-hydroxylation sites is 2. The van der Waals surface area contributed by atoms with Gasteiger partial charge in [0.15, 0.2) is 5.58 Å². The highest BCUT2D eigenvalue weighted by atomic mass is 16.3. The van der Waals surface area contributed by atoms with E-state index in [4.69, 9.17) is 4.42 Å². The number of hydrogen-bond acceptors (Lipinski definition) is 4. The molecule has 0 radical (unpaired) electrons. The molecule has 2 heterocycles. The Morgan fingerprint density at radius 2 is 2.11 bits per heavy atom. The molecule has 1 aromatic heterocycles. The summed E-state index contributed by atoms with van der Waals surface area (Å²) in [5, 5.41) is 3.27. The Hall–Kier alpha value is -1.39. The second kappa shape index (κ2) is 5.72. The van der Waals surface area contributed by atoms with Gasteiger partial charge >= 0.3 is 0 Å². The number of fused-ring (bicyclic) bond motifs is 1. The fourth-order valence-electron chi connectivity index (χ4n) is 2.82. The lowest BCUT2D eigenvalue weighted by Crippen LogP contribution is -2.36. The molecular weight excluding hydrogens is 238 g/mol. The van der Waals surface area contributed by atoms with Crippen molar-refractivity contribution in [2.24, 2.45) is 5.92 Å². The number of benzene rings is 1. The minimum atomic E-state index is 0.824. The van der Waals surface area contributed by atoms with Crippen molar-refractivity contribution < 1.29 is 4.42 Å². The maximum absolute atomic E-state index is 5.78. The van der Waals surface area contributed by atoms with E-state index in [2.05, 4.69) is 15.2 Å². The SMILES string of the molecule is CNCC1CCN(Cc2nc3ccccc3o2)CC1. The first-order valence-electron chi connectivity index (χ1n) is 7.06. The van der Waals surface area contributed by atoms with Crippen LogP contribution in [0, 0.1) is 5.92 Å². The van der Waals surface area contributed by atoms with Crippen molar-refractivity contribution in [3.05, 3.63) is 30.2 Å². The van der Waals surface area contributed by atoms with Gasteiger partial charge in [-0.3, -0.25) is 4.90 Å². The third-order valence-corrected chi connectivity index (χ3v) is 3.90. The fraction of sp³-hybridized carbons (Fsp3) is 0.533. The quantitative estimate of drug-likeness (QED) is 0.914. The van der Waals surface area contributed by atoms with Crippen LogP contribution in [0.2, 0.25) is 0 Å². The molecule has 0 atom stereocenters. The normalized spacial score (nSPS) is 18.2. The predicted octanol–water partition coefficient (Wildman–Crippen LogP) is 2.26. The summed E-state index contributed by atoms with van der Waals surface area (Å²) in [4.78, 5) is 6.98. The van der Waals surface area contributed by atoms with Gasteiger partial charge < -0.3 is 9.73 Å². The van der Waals surface area contributed by atoms with Crippen LogP contribution in [0.3, 0.4) is 0 Å². The summed E-state index contributed by atoms with van der Waals surface area (Å²) in [6.45, 7) is 4.26. The lowest BCUT2D eigenvalue weighted by Gasteiger charge is -2.30. The van der Waals surface area contributed by atoms with Gasteiger partial charge in [0.05, 0.1) is 6.54 Å². The lowest BCUT2D eigenvalue weighted by molar-refractivity contribution is 0.164. The van der Waals surface area contributed by atoms with Crippen LogP contribution in [-0.4, -0.2) is 36.6 Å². The monoisotopic (exact) mass is 259 g/mol. The number of piperidine rings is 1. The maximum atomic E-state index is 5.78. The Morgan fingerprint density at radius 3 is 2.84 bits per heavy atom. The largest absolute Gasteiger partial charge is 0.439 e. The van der Waals surface area contributed by atoms with Crippen LogP contribution in [0.25, 0.3) is 11.1 Å². The molecule has 1 fully saturated rings. The standard InChI is InChI=1S/C15H21N3O/c1-16-10-12-6-8-18(9-7-12)11-15-17-13-4-2-3-5-14(13)19-15/h2-5,12,16H,6-11H2,1H3. The second-order valence-corrected chi connectivity index (χ2v) is 5.35. The average Bonchev–Trinajstić information content (AvgIpc) is 2.83. The number of hydrogen-bond donors (Lipinski definition) is 1. The Kier molecular flexibility index (Phi) is 3.80. The summed E-state index contributed by atoms with van der Waals surface area (Å²) >= 11 is 0. The molecule has 0 unspecified atom stereocenters. The van der Waals surface area contributed by atoms with Gasteiger partial charge in [-0.2, -0.15) is 0 Å². The van der Waals surface area contributed by atoms with E-state index in [-0.39, 0.29) is 0 Å². The Labute approximate surface area is 113 Å². The molecule has 1 saturated heterocycles.